The molecule has 10 aromatic rings. The number of nitrogens with zero attached hydrogens (tertiary/aromatic N) is 2. The Morgan fingerprint density at radius 3 is 1.26 bits per heavy atom. The first-order chi connectivity index (χ1) is 30.4. The summed E-state index contributed by atoms with van der Waals surface area (Å²) in [5.41, 5.74) is 13.5. The quantitative estimate of drug-likeness (QED) is 0.143. The smallest absolute Gasteiger partial charge is 0.158 e. The molecule has 8 aromatic carbocycles. The van der Waals surface area contributed by atoms with Gasteiger partial charge in [-0.25, -0.2) is 0 Å². The molecule has 302 valence electrons. The molecule has 62 heavy (non-hydrogen) atoms. The van der Waals surface area contributed by atoms with E-state index < -0.39 is 0 Å². The SMILES string of the molecule is CC(C)c1cc(N(c2ccccc2)c2cccc3c4c(oc23)CCC=C4)c2ccc3c(C(C)C)cc(N(c4ccccc4)c4cccc5c6c(oc45)CCC=C6)c4ccc1c2c34. The van der Waals surface area contributed by atoms with Crippen LogP contribution in [0, 0.1) is 0 Å². The van der Waals surface area contributed by atoms with Gasteiger partial charge in [-0.15, -0.1) is 0 Å². The van der Waals surface area contributed by atoms with E-state index in [-0.39, 0.29) is 11.8 Å². The number of para-hydroxylation sites is 4. The molecule has 0 saturated heterocycles. The Kier molecular flexibility index (Phi) is 8.47. The Labute approximate surface area is 362 Å². The van der Waals surface area contributed by atoms with Crippen molar-refractivity contribution in [3.63, 3.8) is 0 Å². The van der Waals surface area contributed by atoms with E-state index in [9.17, 15) is 0 Å². The molecule has 0 fully saturated rings. The number of rotatable bonds is 8. The Hall–Kier alpha value is -7.04. The lowest BCUT2D eigenvalue weighted by Gasteiger charge is -2.31. The molecule has 2 aliphatic carbocycles. The number of fused-ring (bicyclic) bond motifs is 6. The minimum Gasteiger partial charge on any atom is -0.458 e. The molecule has 0 aliphatic heterocycles. The predicted molar refractivity (Wildman–Crippen MR) is 262 cm³/mol. The van der Waals surface area contributed by atoms with Gasteiger partial charge in [-0.3, -0.25) is 0 Å². The van der Waals surface area contributed by atoms with Crippen molar-refractivity contribution < 1.29 is 8.83 Å². The maximum atomic E-state index is 6.86. The standard InChI is InChI=1S/C58H48N2O2/c1-35(2)47-33-51(59(37-17-7-5-8-18-37)49-25-15-23-43-39-21-11-13-27-53(39)61-57(43)49)45-32-30-42-48(36(3)4)34-52(46-31-29-41(47)55(45)56(42)46)60(38-19-9-6-10-20-38)50-26-16-24-44-40-22-12-14-28-54(40)62-58(44)50/h5-12,15-26,29-36H,13-14,27-28H2,1-4H3. The number of aryl methyl sites for hydroxylation is 2. The van der Waals surface area contributed by atoms with Crippen LogP contribution in [0.1, 0.15) is 86.1 Å². The fourth-order valence-electron chi connectivity index (χ4n) is 10.6. The summed E-state index contributed by atoms with van der Waals surface area (Å²) in [4.78, 5) is 4.90. The van der Waals surface area contributed by atoms with Gasteiger partial charge in [0.25, 0.3) is 0 Å². The molecule has 0 saturated carbocycles. The van der Waals surface area contributed by atoms with Crippen LogP contribution in [-0.2, 0) is 12.8 Å². The molecule has 0 spiro atoms. The molecular formula is C58H48N2O2. The van der Waals surface area contributed by atoms with Gasteiger partial charge in [0.05, 0.1) is 22.7 Å². The summed E-state index contributed by atoms with van der Waals surface area (Å²) in [5.74, 6) is 2.68. The van der Waals surface area contributed by atoms with Crippen LogP contribution in [0.5, 0.6) is 0 Å². The van der Waals surface area contributed by atoms with Crippen LogP contribution in [0.25, 0.3) is 66.4 Å². The van der Waals surface area contributed by atoms with Crippen molar-refractivity contribution in [2.24, 2.45) is 0 Å². The molecule has 0 N–H and O–H groups in total. The molecule has 12 rings (SSSR count). The van der Waals surface area contributed by atoms with Crippen LogP contribution in [0.3, 0.4) is 0 Å². The highest BCUT2D eigenvalue weighted by Gasteiger charge is 2.29. The van der Waals surface area contributed by atoms with Crippen LogP contribution in [-0.4, -0.2) is 0 Å². The minimum absolute atomic E-state index is 0.272. The van der Waals surface area contributed by atoms with Gasteiger partial charge < -0.3 is 18.6 Å². The average Bonchev–Trinajstić information content (AvgIpc) is 3.89. The Morgan fingerprint density at radius 2 is 0.839 bits per heavy atom. The minimum atomic E-state index is 0.272. The third-order valence-electron chi connectivity index (χ3n) is 13.4. The average molecular weight is 805 g/mol. The van der Waals surface area contributed by atoms with Crippen molar-refractivity contribution in [2.75, 3.05) is 9.80 Å². The van der Waals surface area contributed by atoms with Crippen molar-refractivity contribution in [1.29, 1.82) is 0 Å². The molecule has 2 aliphatic rings. The third-order valence-corrected chi connectivity index (χ3v) is 13.4. The number of furan rings is 2. The van der Waals surface area contributed by atoms with Crippen molar-refractivity contribution in [2.45, 2.75) is 65.2 Å². The summed E-state index contributed by atoms with van der Waals surface area (Å²) < 4.78 is 13.7. The van der Waals surface area contributed by atoms with Crippen LogP contribution in [0.2, 0.25) is 0 Å². The second-order valence-corrected chi connectivity index (χ2v) is 17.8. The molecule has 4 heteroatoms. The molecule has 4 nitrogen and oxygen atoms in total. The lowest BCUT2D eigenvalue weighted by molar-refractivity contribution is 0.546. The highest BCUT2D eigenvalue weighted by atomic mass is 16.3. The van der Waals surface area contributed by atoms with Crippen LogP contribution >= 0.6 is 0 Å². The van der Waals surface area contributed by atoms with Gasteiger partial charge in [0, 0.05) is 56.9 Å². The molecule has 0 bridgehead atoms. The molecule has 2 heterocycles. The summed E-state index contributed by atoms with van der Waals surface area (Å²) in [7, 11) is 0. The number of benzene rings is 8. The van der Waals surface area contributed by atoms with E-state index in [1.807, 2.05) is 0 Å². The van der Waals surface area contributed by atoms with Crippen LogP contribution in [0.4, 0.5) is 34.1 Å². The van der Waals surface area contributed by atoms with Gasteiger partial charge >= 0.3 is 0 Å². The second kappa shape index (κ2) is 14.3. The van der Waals surface area contributed by atoms with Gasteiger partial charge in [0.15, 0.2) is 11.2 Å². The maximum Gasteiger partial charge on any atom is 0.158 e. The number of hydrogen-bond donors (Lipinski definition) is 0. The summed E-state index contributed by atoms with van der Waals surface area (Å²) in [6.45, 7) is 9.32. The first-order valence-corrected chi connectivity index (χ1v) is 22.3. The van der Waals surface area contributed by atoms with Crippen LogP contribution in [0.15, 0.2) is 154 Å². The lowest BCUT2D eigenvalue weighted by atomic mass is 9.84. The topological polar surface area (TPSA) is 32.8 Å². The molecule has 0 amide bonds. The lowest BCUT2D eigenvalue weighted by Crippen LogP contribution is -2.13. The molecule has 0 atom stereocenters. The van der Waals surface area contributed by atoms with E-state index in [4.69, 9.17) is 8.83 Å². The molecule has 2 aromatic heterocycles. The maximum absolute atomic E-state index is 6.86. The van der Waals surface area contributed by atoms with E-state index in [0.717, 1.165) is 93.3 Å². The van der Waals surface area contributed by atoms with E-state index in [1.54, 1.807) is 0 Å². The van der Waals surface area contributed by atoms with Gasteiger partial charge in [-0.2, -0.15) is 0 Å². The zero-order valence-corrected chi connectivity index (χ0v) is 35.7. The van der Waals surface area contributed by atoms with E-state index in [1.165, 1.54) is 54.6 Å². The first kappa shape index (κ1) is 36.8. The molecular weight excluding hydrogens is 757 g/mol. The number of anilines is 6. The van der Waals surface area contributed by atoms with Gasteiger partial charge in [-0.05, 0) is 106 Å². The number of hydrogen-bond acceptors (Lipinski definition) is 4. The summed E-state index contributed by atoms with van der Waals surface area (Å²) in [5, 5.41) is 9.93. The largest absolute Gasteiger partial charge is 0.458 e. The highest BCUT2D eigenvalue weighted by molar-refractivity contribution is 6.30. The summed E-state index contributed by atoms with van der Waals surface area (Å²) in [6.07, 6.45) is 12.8. The van der Waals surface area contributed by atoms with Crippen molar-refractivity contribution in [3.8, 4) is 0 Å². The normalized spacial score (nSPS) is 13.7. The van der Waals surface area contributed by atoms with E-state index in [2.05, 4.69) is 195 Å². The van der Waals surface area contributed by atoms with Gasteiger partial charge in [-0.1, -0.05) is 137 Å². The Bertz CT molecular complexity index is 3190. The fraction of sp³-hybridized carbons (Fsp3) is 0.172. The van der Waals surface area contributed by atoms with Crippen LogP contribution < -0.4 is 9.80 Å². The Balaban J connectivity index is 1.19. The zero-order chi connectivity index (χ0) is 41.6. The Morgan fingerprint density at radius 1 is 0.419 bits per heavy atom. The first-order valence-electron chi connectivity index (χ1n) is 22.3. The monoisotopic (exact) mass is 804 g/mol. The van der Waals surface area contributed by atoms with Crippen molar-refractivity contribution >= 4 is 101 Å². The fourth-order valence-corrected chi connectivity index (χ4v) is 10.6. The second-order valence-electron chi connectivity index (χ2n) is 17.8. The molecule has 0 radical (unpaired) electrons. The van der Waals surface area contributed by atoms with E-state index >= 15 is 0 Å². The summed E-state index contributed by atoms with van der Waals surface area (Å²) in [6, 6.07) is 49.4. The van der Waals surface area contributed by atoms with E-state index in [0.29, 0.717) is 0 Å². The van der Waals surface area contributed by atoms with Crippen molar-refractivity contribution in [1.82, 2.24) is 0 Å². The zero-order valence-electron chi connectivity index (χ0n) is 35.7. The third kappa shape index (κ3) is 5.52. The van der Waals surface area contributed by atoms with Gasteiger partial charge in [0.1, 0.15) is 11.5 Å². The summed E-state index contributed by atoms with van der Waals surface area (Å²) >= 11 is 0. The molecule has 0 unspecified atom stereocenters. The van der Waals surface area contributed by atoms with Crippen molar-refractivity contribution in [3.05, 3.63) is 179 Å². The highest BCUT2D eigenvalue weighted by Crippen LogP contribution is 2.53. The number of allylic oxidation sites excluding steroid dienone is 2. The van der Waals surface area contributed by atoms with Gasteiger partial charge in [0.2, 0.25) is 0 Å². The predicted octanol–water partition coefficient (Wildman–Crippen LogP) is 17.2.